The highest BCUT2D eigenvalue weighted by Crippen LogP contribution is 2.64. The van der Waals surface area contributed by atoms with Crippen molar-refractivity contribution in [1.29, 1.82) is 0 Å². The Morgan fingerprint density at radius 1 is 0.475 bits per heavy atom. The third-order valence-corrected chi connectivity index (χ3v) is 22.8. The Hall–Kier alpha value is -9.10. The molecule has 11 aromatic rings. The lowest BCUT2D eigenvalue weighted by Gasteiger charge is -2.54. The van der Waals surface area contributed by atoms with Crippen molar-refractivity contribution in [3.8, 4) is 22.6 Å². The number of hydrogen-bond acceptors (Lipinski definition) is 4. The minimum absolute atomic E-state index is 0.137. The first-order valence-electron chi connectivity index (χ1n) is 32.7. The molecule has 17 rings (SSSR count). The van der Waals surface area contributed by atoms with Gasteiger partial charge in [0, 0.05) is 50.9 Å². The zero-order chi connectivity index (χ0) is 62.1. The van der Waals surface area contributed by atoms with E-state index in [0.717, 1.165) is 66.3 Å². The van der Waals surface area contributed by atoms with Crippen molar-refractivity contribution in [2.24, 2.45) is 0 Å². The van der Waals surface area contributed by atoms with Gasteiger partial charge in [-0.05, 0) is 142 Å². The van der Waals surface area contributed by atoms with Gasteiger partial charge in [-0.25, -0.2) is 0 Å². The molecule has 0 saturated carbocycles. The highest BCUT2D eigenvalue weighted by molar-refractivity contribution is 7.24. The Balaban J connectivity index is 1.09. The van der Waals surface area contributed by atoms with E-state index >= 15 is 0 Å². The normalized spacial score (nSPS) is 16.9. The Labute approximate surface area is 484 Å². The molecule has 0 amide bonds. The molecule has 2 spiro atoms. The number of para-hydroxylation sites is 6. The molecule has 380 valence electrons. The summed E-state index contributed by atoms with van der Waals surface area (Å²) < 4.78 is 109. The van der Waals surface area contributed by atoms with Gasteiger partial charge >= 0.3 is 0 Å². The van der Waals surface area contributed by atoms with Crippen molar-refractivity contribution in [3.05, 3.63) is 276 Å². The summed E-state index contributed by atoms with van der Waals surface area (Å²) >= 11 is 0. The maximum absolute atomic E-state index is 11.4. The maximum Gasteiger partial charge on any atom is 0.252 e. The predicted molar refractivity (Wildman–Crippen MR) is 336 cm³/mol. The molecule has 6 heterocycles. The summed E-state index contributed by atoms with van der Waals surface area (Å²) in [6.45, 7) is 8.40. The van der Waals surface area contributed by atoms with Crippen molar-refractivity contribution < 1.29 is 18.4 Å². The van der Waals surface area contributed by atoms with Gasteiger partial charge in [0.05, 0.1) is 30.5 Å². The van der Waals surface area contributed by atoms with Crippen LogP contribution in [0.25, 0.3) is 11.1 Å². The van der Waals surface area contributed by atoms with Crippen LogP contribution in [0.1, 0.15) is 87.6 Å². The van der Waals surface area contributed by atoms with E-state index in [1.54, 1.807) is 13.8 Å². The van der Waals surface area contributed by atoms with Gasteiger partial charge in [-0.2, -0.15) is 0 Å². The fourth-order valence-electron chi connectivity index (χ4n) is 14.6. The molecule has 4 nitrogen and oxygen atoms in total. The molecule has 0 saturated heterocycles. The first kappa shape index (κ1) is 36.9. The lowest BCUT2D eigenvalue weighted by molar-refractivity contribution is 0.434. The largest absolute Gasteiger partial charge is 0.457 e. The van der Waals surface area contributed by atoms with Crippen molar-refractivity contribution in [2.45, 2.75) is 51.4 Å². The highest BCUT2D eigenvalue weighted by atomic mass is 28.3. The maximum atomic E-state index is 11.4. The van der Waals surface area contributed by atoms with Gasteiger partial charge in [-0.15, -0.1) is 0 Å². The molecule has 0 radical (unpaired) electrons. The van der Waals surface area contributed by atoms with Crippen molar-refractivity contribution >= 4 is 103 Å². The molecular formula is C74H56BN3OSi. The third-order valence-electron chi connectivity index (χ3n) is 17.8. The predicted octanol–water partition coefficient (Wildman–Crippen LogP) is 14.1. The summed E-state index contributed by atoms with van der Waals surface area (Å²) in [6, 6.07) is 59.8. The molecular weight excluding hydrogens is 986 g/mol. The number of anilines is 9. The number of fused-ring (bicyclic) bond motifs is 21. The van der Waals surface area contributed by atoms with Crippen molar-refractivity contribution in [2.75, 3.05) is 14.7 Å². The van der Waals surface area contributed by atoms with Crippen LogP contribution in [0.15, 0.2) is 242 Å². The van der Waals surface area contributed by atoms with Gasteiger partial charge in [0.2, 0.25) is 0 Å². The van der Waals surface area contributed by atoms with E-state index in [2.05, 4.69) is 137 Å². The zero-order valence-corrected chi connectivity index (χ0v) is 45.7. The Morgan fingerprint density at radius 3 is 1.59 bits per heavy atom. The van der Waals surface area contributed by atoms with Crippen LogP contribution in [0.2, 0.25) is 0 Å². The molecule has 0 aliphatic carbocycles. The second kappa shape index (κ2) is 16.3. The second-order valence-corrected chi connectivity index (χ2v) is 26.9. The number of ether oxygens (including phenoxy) is 1. The molecule has 0 bridgehead atoms. The molecule has 80 heavy (non-hydrogen) atoms. The van der Waals surface area contributed by atoms with Gasteiger partial charge in [-0.1, -0.05) is 217 Å². The van der Waals surface area contributed by atoms with Gasteiger partial charge < -0.3 is 19.4 Å². The number of rotatable bonds is 4. The van der Waals surface area contributed by atoms with Crippen molar-refractivity contribution in [3.63, 3.8) is 0 Å². The second-order valence-electron chi connectivity index (χ2n) is 23.2. The molecule has 6 heteroatoms. The molecule has 0 fully saturated rings. The van der Waals surface area contributed by atoms with Gasteiger partial charge in [0.1, 0.15) is 11.5 Å². The van der Waals surface area contributed by atoms with E-state index < -0.39 is 67.1 Å². The average molecular weight is 1050 g/mol. The first-order valence-corrected chi connectivity index (χ1v) is 29.7. The minimum atomic E-state index is -3.30. The van der Waals surface area contributed by atoms with Gasteiger partial charge in [0.15, 0.2) is 8.07 Å². The minimum Gasteiger partial charge on any atom is -0.457 e. The van der Waals surface area contributed by atoms with Crippen LogP contribution >= 0.6 is 0 Å². The van der Waals surface area contributed by atoms with Gasteiger partial charge in [-0.3, -0.25) is 0 Å². The summed E-state index contributed by atoms with van der Waals surface area (Å²) in [5.41, 5.74) is 9.98. The summed E-state index contributed by atoms with van der Waals surface area (Å²) in [5, 5.41) is 4.69. The Bertz CT molecular complexity index is 4950. The smallest absolute Gasteiger partial charge is 0.252 e. The van der Waals surface area contributed by atoms with Crippen LogP contribution < -0.4 is 56.6 Å². The Kier molecular flexibility index (Phi) is 7.49. The zero-order valence-electron chi connectivity index (χ0n) is 54.7. The number of benzene rings is 11. The summed E-state index contributed by atoms with van der Waals surface area (Å²) in [5.74, 6) is 0.940. The number of hydrogen-bond donors (Lipinski definition) is 0. The van der Waals surface area contributed by atoms with E-state index in [4.69, 9.17) is 4.74 Å². The van der Waals surface area contributed by atoms with Crippen LogP contribution in [-0.4, -0.2) is 14.8 Å². The summed E-state index contributed by atoms with van der Waals surface area (Å²) in [7, 11) is -3.30. The van der Waals surface area contributed by atoms with E-state index in [1.165, 1.54) is 26.4 Å². The van der Waals surface area contributed by atoms with Gasteiger partial charge in [0.25, 0.3) is 6.71 Å². The quantitative estimate of drug-likeness (QED) is 0.164. The molecule has 6 aliphatic heterocycles. The lowest BCUT2D eigenvalue weighted by atomic mass is 9.33. The van der Waals surface area contributed by atoms with E-state index in [0.29, 0.717) is 28.3 Å². The molecule has 11 aromatic carbocycles. The molecule has 6 aliphatic rings. The molecule has 0 atom stereocenters. The fraction of sp³-hybridized carbons (Fsp3) is 0.108. The van der Waals surface area contributed by atoms with Crippen LogP contribution in [0.4, 0.5) is 51.2 Å². The Morgan fingerprint density at radius 2 is 0.963 bits per heavy atom. The molecule has 0 N–H and O–H groups in total. The SMILES string of the molecule is [2H]c1c([2H])c(N(c2c([2H])c([2H])c(C(C)(C)C)c([2H])c2[2H])c2c([2H])c3c4c(c2[2H])N2c5ccccc5[Si]5(c6ccccc6-c6ccccc65)c5cccc(c52)B4c2cccc4c2N3c2ccccc2C42c3ccccc3Oc3ccccc32)c([2H])c([2H])c1C(C)C. The van der Waals surface area contributed by atoms with E-state index in [-0.39, 0.29) is 53.1 Å². The number of nitrogens with zero attached hydrogens (tertiary/aromatic N) is 3. The fourth-order valence-corrected chi connectivity index (χ4v) is 20.2. The summed E-state index contributed by atoms with van der Waals surface area (Å²) in [4.78, 5) is 5.57. The molecule has 0 unspecified atom stereocenters. The third kappa shape index (κ3) is 5.76. The van der Waals surface area contributed by atoms with Crippen molar-refractivity contribution in [1.82, 2.24) is 0 Å². The van der Waals surface area contributed by atoms with Crippen LogP contribution in [-0.2, 0) is 10.8 Å². The first-order chi connectivity index (χ1) is 43.4. The van der Waals surface area contributed by atoms with Crippen LogP contribution in [0, 0.1) is 0 Å². The summed E-state index contributed by atoms with van der Waals surface area (Å²) in [6.07, 6.45) is 0. The lowest BCUT2D eigenvalue weighted by Crippen LogP contribution is -2.77. The van der Waals surface area contributed by atoms with Crippen LogP contribution in [0.5, 0.6) is 11.5 Å². The monoisotopic (exact) mass is 1050 g/mol. The standard InChI is InChI=1S/C74H56BN3OSi/c1-46(2)47-36-40-49(41-37-47)76(50-42-38-48(39-43-50)73(3,4)5)51-44-62-70-63(45-51)78-61-29-12-17-34-68(61)80(66-32-15-6-20-52(66)53-21-7-16-33-67(53)80)69-35-19-27-59(72(69)78)75(70)58-26-18-25-57-71(58)77(62)60-28-11-8-22-54(60)74(57)55-23-9-13-30-64(55)79-65-31-14-10-24-56(65)74/h6-46H,1-5H3/i36D,37D,38D,39D,40D,41D,42D,43D,44D,45D. The van der Waals surface area contributed by atoms with Crippen LogP contribution in [0.3, 0.4) is 0 Å². The van der Waals surface area contributed by atoms with E-state index in [1.807, 2.05) is 75.4 Å². The van der Waals surface area contributed by atoms with E-state index in [9.17, 15) is 13.7 Å². The highest BCUT2D eigenvalue weighted by Gasteiger charge is 2.59. The average Bonchev–Trinajstić information content (AvgIpc) is 0.899. The topological polar surface area (TPSA) is 19.0 Å². The molecule has 0 aromatic heterocycles.